The van der Waals surface area contributed by atoms with Gasteiger partial charge in [-0.05, 0) is 5.56 Å². The maximum atomic E-state index is 11.9. The second kappa shape index (κ2) is 6.56. The fraction of sp³-hybridized carbons (Fsp3) is 0.357. The van der Waals surface area contributed by atoms with Crippen molar-refractivity contribution in [2.24, 2.45) is 4.99 Å². The molecule has 1 aromatic rings. The second-order valence-electron chi connectivity index (χ2n) is 4.48. The molecule has 1 aliphatic rings. The van der Waals surface area contributed by atoms with Crippen molar-refractivity contribution in [3.8, 4) is 0 Å². The van der Waals surface area contributed by atoms with Crippen LogP contribution in [-0.4, -0.2) is 41.2 Å². The molecule has 0 radical (unpaired) electrons. The highest BCUT2D eigenvalue weighted by Crippen LogP contribution is 2.27. The number of nitrogens with one attached hydrogen (secondary N) is 1. The fourth-order valence-corrected chi connectivity index (χ4v) is 3.04. The smallest absolute Gasteiger partial charge is 0.242 e. The number of benzene rings is 1. The standard InChI is InChI=1S/C14H17N3O2S/c1-15-14-17(2)13(19)11(20-14)8-12(18)16-9-10-6-4-3-5-7-10/h3-7,11H,8-9H2,1-2H3,(H,16,18)/t11-/m1/s1. The number of hydrogen-bond donors (Lipinski definition) is 1. The lowest BCUT2D eigenvalue weighted by Crippen LogP contribution is -2.32. The number of carbonyl (C=O) groups excluding carboxylic acids is 2. The third-order valence-electron chi connectivity index (χ3n) is 3.04. The molecule has 1 aliphatic heterocycles. The van der Waals surface area contributed by atoms with E-state index in [1.54, 1.807) is 14.1 Å². The topological polar surface area (TPSA) is 61.8 Å². The van der Waals surface area contributed by atoms with Crippen molar-refractivity contribution >= 4 is 28.7 Å². The van der Waals surface area contributed by atoms with Gasteiger partial charge in [-0.3, -0.25) is 19.5 Å². The predicted molar refractivity (Wildman–Crippen MR) is 80.4 cm³/mol. The van der Waals surface area contributed by atoms with E-state index in [-0.39, 0.29) is 23.5 Å². The van der Waals surface area contributed by atoms with E-state index >= 15 is 0 Å². The van der Waals surface area contributed by atoms with E-state index in [1.165, 1.54) is 16.7 Å². The minimum Gasteiger partial charge on any atom is -0.352 e. The summed E-state index contributed by atoms with van der Waals surface area (Å²) in [6.07, 6.45) is 0.180. The first-order valence-corrected chi connectivity index (χ1v) is 7.21. The van der Waals surface area contributed by atoms with Gasteiger partial charge in [0.1, 0.15) is 5.25 Å². The van der Waals surface area contributed by atoms with Gasteiger partial charge in [-0.2, -0.15) is 0 Å². The average Bonchev–Trinajstić information content (AvgIpc) is 2.74. The maximum absolute atomic E-state index is 11.9. The molecule has 2 rings (SSSR count). The molecule has 1 N–H and O–H groups in total. The molecular weight excluding hydrogens is 274 g/mol. The predicted octanol–water partition coefficient (Wildman–Crippen LogP) is 1.25. The summed E-state index contributed by atoms with van der Waals surface area (Å²) in [5.41, 5.74) is 1.04. The molecule has 106 valence electrons. The summed E-state index contributed by atoms with van der Waals surface area (Å²) in [6.45, 7) is 0.482. The summed E-state index contributed by atoms with van der Waals surface area (Å²) in [5.74, 6) is -0.184. The first-order chi connectivity index (χ1) is 9.61. The van der Waals surface area contributed by atoms with E-state index in [2.05, 4.69) is 10.3 Å². The van der Waals surface area contributed by atoms with E-state index in [1.807, 2.05) is 30.3 Å². The van der Waals surface area contributed by atoms with Crippen LogP contribution in [0.4, 0.5) is 0 Å². The molecule has 1 atom stereocenters. The van der Waals surface area contributed by atoms with Gasteiger partial charge in [0.25, 0.3) is 0 Å². The third kappa shape index (κ3) is 3.39. The second-order valence-corrected chi connectivity index (χ2v) is 5.65. The monoisotopic (exact) mass is 291 g/mol. The Morgan fingerprint density at radius 3 is 2.70 bits per heavy atom. The van der Waals surface area contributed by atoms with Gasteiger partial charge in [-0.25, -0.2) is 0 Å². The van der Waals surface area contributed by atoms with Gasteiger partial charge in [-0.15, -0.1) is 0 Å². The molecule has 0 unspecified atom stereocenters. The van der Waals surface area contributed by atoms with E-state index in [0.717, 1.165) is 5.56 Å². The van der Waals surface area contributed by atoms with Crippen LogP contribution in [0, 0.1) is 0 Å². The zero-order chi connectivity index (χ0) is 14.5. The number of nitrogens with zero attached hydrogens (tertiary/aromatic N) is 2. The summed E-state index contributed by atoms with van der Waals surface area (Å²) >= 11 is 1.34. The average molecular weight is 291 g/mol. The molecule has 2 amide bonds. The Kier molecular flexibility index (Phi) is 4.79. The first-order valence-electron chi connectivity index (χ1n) is 6.33. The Bertz CT molecular complexity index is 530. The maximum Gasteiger partial charge on any atom is 0.242 e. The fourth-order valence-electron chi connectivity index (χ4n) is 1.94. The number of amidine groups is 1. The zero-order valence-electron chi connectivity index (χ0n) is 11.5. The van der Waals surface area contributed by atoms with E-state index < -0.39 is 0 Å². The Morgan fingerprint density at radius 2 is 2.10 bits per heavy atom. The van der Waals surface area contributed by atoms with Gasteiger partial charge in [0, 0.05) is 27.1 Å². The number of amides is 2. The number of hydrogen-bond acceptors (Lipinski definition) is 4. The van der Waals surface area contributed by atoms with Crippen LogP contribution in [0.15, 0.2) is 35.3 Å². The zero-order valence-corrected chi connectivity index (χ0v) is 12.3. The molecule has 1 saturated heterocycles. The van der Waals surface area contributed by atoms with Crippen molar-refractivity contribution in [3.05, 3.63) is 35.9 Å². The van der Waals surface area contributed by atoms with Crippen molar-refractivity contribution < 1.29 is 9.59 Å². The Balaban J connectivity index is 1.85. The van der Waals surface area contributed by atoms with Gasteiger partial charge in [-0.1, -0.05) is 42.1 Å². The van der Waals surface area contributed by atoms with Gasteiger partial charge >= 0.3 is 0 Å². The normalized spacial score (nSPS) is 20.5. The summed E-state index contributed by atoms with van der Waals surface area (Å²) in [6, 6.07) is 9.69. The molecule has 0 spiro atoms. The molecule has 6 heteroatoms. The van der Waals surface area contributed by atoms with E-state index in [4.69, 9.17) is 0 Å². The number of thioether (sulfide) groups is 1. The van der Waals surface area contributed by atoms with Crippen LogP contribution in [0.1, 0.15) is 12.0 Å². The molecule has 0 aliphatic carbocycles. The van der Waals surface area contributed by atoms with E-state index in [9.17, 15) is 9.59 Å². The van der Waals surface area contributed by atoms with Crippen molar-refractivity contribution in [2.45, 2.75) is 18.2 Å². The summed E-state index contributed by atoms with van der Waals surface area (Å²) in [5, 5.41) is 3.13. The van der Waals surface area contributed by atoms with Gasteiger partial charge in [0.15, 0.2) is 5.17 Å². The molecule has 5 nitrogen and oxygen atoms in total. The highest BCUT2D eigenvalue weighted by molar-refractivity contribution is 8.15. The highest BCUT2D eigenvalue weighted by Gasteiger charge is 2.36. The van der Waals surface area contributed by atoms with Crippen molar-refractivity contribution in [1.29, 1.82) is 0 Å². The summed E-state index contributed by atoms with van der Waals surface area (Å²) in [7, 11) is 3.32. The van der Waals surface area contributed by atoms with Crippen LogP contribution in [0.25, 0.3) is 0 Å². The SMILES string of the molecule is CN=C1S[C@H](CC(=O)NCc2ccccc2)C(=O)N1C. The van der Waals surface area contributed by atoms with Crippen molar-refractivity contribution in [3.63, 3.8) is 0 Å². The summed E-state index contributed by atoms with van der Waals surface area (Å²) < 4.78 is 0. The Hall–Kier alpha value is -1.82. The molecule has 1 aromatic carbocycles. The number of aliphatic imine (C=N–C) groups is 1. The highest BCUT2D eigenvalue weighted by atomic mass is 32.2. The molecule has 1 fully saturated rings. The number of carbonyl (C=O) groups is 2. The minimum absolute atomic E-state index is 0.0644. The quantitative estimate of drug-likeness (QED) is 0.908. The lowest BCUT2D eigenvalue weighted by molar-refractivity contribution is -0.128. The summed E-state index contributed by atoms with van der Waals surface area (Å²) in [4.78, 5) is 29.3. The lowest BCUT2D eigenvalue weighted by Gasteiger charge is -2.09. The molecule has 20 heavy (non-hydrogen) atoms. The lowest BCUT2D eigenvalue weighted by atomic mass is 10.2. The molecule has 0 bridgehead atoms. The minimum atomic E-state index is -0.366. The molecule has 0 saturated carbocycles. The molecule has 0 aromatic heterocycles. The van der Waals surface area contributed by atoms with Crippen LogP contribution < -0.4 is 5.32 Å². The third-order valence-corrected chi connectivity index (χ3v) is 4.36. The van der Waals surface area contributed by atoms with Crippen molar-refractivity contribution in [1.82, 2.24) is 10.2 Å². The number of rotatable bonds is 4. The Labute approximate surface area is 122 Å². The van der Waals surface area contributed by atoms with Gasteiger partial charge in [0.2, 0.25) is 11.8 Å². The van der Waals surface area contributed by atoms with Crippen LogP contribution in [0.5, 0.6) is 0 Å². The largest absolute Gasteiger partial charge is 0.352 e. The van der Waals surface area contributed by atoms with Crippen LogP contribution in [0.2, 0.25) is 0 Å². The molecule has 1 heterocycles. The van der Waals surface area contributed by atoms with Crippen LogP contribution in [0.3, 0.4) is 0 Å². The van der Waals surface area contributed by atoms with Crippen molar-refractivity contribution in [2.75, 3.05) is 14.1 Å². The Morgan fingerprint density at radius 1 is 1.40 bits per heavy atom. The van der Waals surface area contributed by atoms with E-state index in [0.29, 0.717) is 11.7 Å². The van der Waals surface area contributed by atoms with Crippen LogP contribution >= 0.6 is 11.8 Å². The van der Waals surface area contributed by atoms with Gasteiger partial charge < -0.3 is 5.32 Å². The van der Waals surface area contributed by atoms with Crippen LogP contribution in [-0.2, 0) is 16.1 Å². The van der Waals surface area contributed by atoms with Gasteiger partial charge in [0.05, 0.1) is 0 Å². The molecular formula is C14H17N3O2S. The first kappa shape index (κ1) is 14.6.